The summed E-state index contributed by atoms with van der Waals surface area (Å²) in [6.45, 7) is 8.76. The molecular formula is C12H21Li. The number of allylic oxidation sites excluding steroid dienone is 4. The van der Waals surface area contributed by atoms with Crippen molar-refractivity contribution in [3.05, 3.63) is 23.3 Å². The van der Waals surface area contributed by atoms with E-state index in [2.05, 4.69) is 39.8 Å². The van der Waals surface area contributed by atoms with Crippen LogP contribution in [0.4, 0.5) is 0 Å². The molecule has 13 heavy (non-hydrogen) atoms. The molecule has 0 fully saturated rings. The van der Waals surface area contributed by atoms with Crippen LogP contribution in [0.25, 0.3) is 0 Å². The van der Waals surface area contributed by atoms with Crippen LogP contribution in [0.1, 0.15) is 53.4 Å². The second-order valence-corrected chi connectivity index (χ2v) is 2.85. The first-order valence-corrected chi connectivity index (χ1v) is 5.09. The molecule has 0 unspecified atom stereocenters. The molecular weight excluding hydrogens is 151 g/mol. The van der Waals surface area contributed by atoms with Gasteiger partial charge in [-0.1, -0.05) is 47.0 Å². The van der Waals surface area contributed by atoms with Gasteiger partial charge in [-0.3, -0.25) is 6.08 Å². The van der Waals surface area contributed by atoms with Gasteiger partial charge < -0.3 is 0 Å². The molecule has 70 valence electrons. The molecule has 0 spiro atoms. The standard InChI is InChI=1S/C12H21.Li/c1-5-9-11(7-3)12(8-4)10-6-2;/h9H,5-8H2,1-4H3;/q-1;+1/b11-9+;. The van der Waals surface area contributed by atoms with Gasteiger partial charge >= 0.3 is 18.9 Å². The molecule has 0 heterocycles. The summed E-state index contributed by atoms with van der Waals surface area (Å²) < 4.78 is 0. The Kier molecular flexibility index (Phi) is 12.1. The van der Waals surface area contributed by atoms with E-state index >= 15 is 0 Å². The molecule has 0 radical (unpaired) electrons. The number of hydrogen-bond donors (Lipinski definition) is 0. The van der Waals surface area contributed by atoms with E-state index in [9.17, 15) is 0 Å². The first kappa shape index (κ1) is 15.5. The maximum absolute atomic E-state index is 3.42. The van der Waals surface area contributed by atoms with Gasteiger partial charge in [-0.15, -0.1) is 6.42 Å². The molecule has 0 nitrogen and oxygen atoms in total. The number of hydrogen-bond acceptors (Lipinski definition) is 0. The Morgan fingerprint density at radius 2 is 1.69 bits per heavy atom. The largest absolute Gasteiger partial charge is 1.00 e. The van der Waals surface area contributed by atoms with E-state index in [1.165, 1.54) is 11.1 Å². The molecule has 0 aliphatic heterocycles. The fourth-order valence-electron chi connectivity index (χ4n) is 1.41. The van der Waals surface area contributed by atoms with Crippen molar-refractivity contribution < 1.29 is 18.9 Å². The molecule has 0 amide bonds. The average Bonchev–Trinajstić information content (AvgIpc) is 2.11. The van der Waals surface area contributed by atoms with Crippen LogP contribution in [0.5, 0.6) is 0 Å². The minimum absolute atomic E-state index is 0. The Balaban J connectivity index is 0. The number of rotatable bonds is 5. The Morgan fingerprint density at radius 1 is 1.08 bits per heavy atom. The van der Waals surface area contributed by atoms with Crippen LogP contribution in [0.15, 0.2) is 17.2 Å². The summed E-state index contributed by atoms with van der Waals surface area (Å²) in [6.07, 6.45) is 10.2. The summed E-state index contributed by atoms with van der Waals surface area (Å²) in [7, 11) is 0. The maximum Gasteiger partial charge on any atom is 1.00 e. The predicted molar refractivity (Wildman–Crippen MR) is 56.0 cm³/mol. The normalized spacial score (nSPS) is 12.6. The van der Waals surface area contributed by atoms with Crippen LogP contribution in [0.3, 0.4) is 0 Å². The third-order valence-electron chi connectivity index (χ3n) is 1.96. The zero-order valence-electron chi connectivity index (χ0n) is 9.91. The van der Waals surface area contributed by atoms with Gasteiger partial charge in [0.25, 0.3) is 0 Å². The SMILES string of the molecule is CC[C-]=C(CC)/C(=C/CC)CC.[Li+]. The predicted octanol–water partition coefficient (Wildman–Crippen LogP) is 1.29. The van der Waals surface area contributed by atoms with Gasteiger partial charge in [-0.05, 0) is 0 Å². The van der Waals surface area contributed by atoms with Crippen LogP contribution < -0.4 is 18.9 Å². The van der Waals surface area contributed by atoms with Crippen LogP contribution in [-0.4, -0.2) is 0 Å². The Labute approximate surface area is 95.7 Å². The van der Waals surface area contributed by atoms with Gasteiger partial charge in [0, 0.05) is 0 Å². The minimum Gasteiger partial charge on any atom is -0.272 e. The zero-order chi connectivity index (χ0) is 9.40. The van der Waals surface area contributed by atoms with Gasteiger partial charge in [-0.2, -0.15) is 11.6 Å². The summed E-state index contributed by atoms with van der Waals surface area (Å²) in [5, 5.41) is 0. The molecule has 0 bridgehead atoms. The maximum atomic E-state index is 3.42. The van der Waals surface area contributed by atoms with Gasteiger partial charge in [0.05, 0.1) is 0 Å². The first-order chi connectivity index (χ1) is 5.79. The third-order valence-corrected chi connectivity index (χ3v) is 1.96. The smallest absolute Gasteiger partial charge is 0.272 e. The molecule has 0 aromatic rings. The molecule has 0 rings (SSSR count). The van der Waals surface area contributed by atoms with E-state index in [0.29, 0.717) is 0 Å². The molecule has 0 aromatic heterocycles. The zero-order valence-corrected chi connectivity index (χ0v) is 9.91. The summed E-state index contributed by atoms with van der Waals surface area (Å²) >= 11 is 0. The molecule has 1 heteroatoms. The van der Waals surface area contributed by atoms with Gasteiger partial charge in [-0.25, -0.2) is 5.57 Å². The summed E-state index contributed by atoms with van der Waals surface area (Å²) in [4.78, 5) is 0. The molecule has 0 aromatic carbocycles. The van der Waals surface area contributed by atoms with E-state index in [-0.39, 0.29) is 18.9 Å². The van der Waals surface area contributed by atoms with Crippen molar-refractivity contribution >= 4 is 0 Å². The topological polar surface area (TPSA) is 0 Å². The molecule has 0 atom stereocenters. The fraction of sp³-hybridized carbons (Fsp3) is 0.667. The first-order valence-electron chi connectivity index (χ1n) is 5.09. The van der Waals surface area contributed by atoms with E-state index in [4.69, 9.17) is 0 Å². The molecule has 0 aliphatic carbocycles. The summed E-state index contributed by atoms with van der Waals surface area (Å²) in [6, 6.07) is 0. The van der Waals surface area contributed by atoms with E-state index < -0.39 is 0 Å². The van der Waals surface area contributed by atoms with Crippen molar-refractivity contribution in [1.29, 1.82) is 0 Å². The van der Waals surface area contributed by atoms with E-state index in [0.717, 1.165) is 25.7 Å². The van der Waals surface area contributed by atoms with Crippen molar-refractivity contribution in [2.75, 3.05) is 0 Å². The van der Waals surface area contributed by atoms with Crippen molar-refractivity contribution in [3.8, 4) is 0 Å². The molecule has 0 saturated carbocycles. The van der Waals surface area contributed by atoms with Crippen molar-refractivity contribution in [2.45, 2.75) is 53.4 Å². The Morgan fingerprint density at radius 3 is 2.00 bits per heavy atom. The van der Waals surface area contributed by atoms with E-state index in [1.54, 1.807) is 0 Å². The van der Waals surface area contributed by atoms with Gasteiger partial charge in [0.2, 0.25) is 0 Å². The molecule has 0 N–H and O–H groups in total. The van der Waals surface area contributed by atoms with Crippen LogP contribution in [0.2, 0.25) is 0 Å². The van der Waals surface area contributed by atoms with Crippen molar-refractivity contribution in [3.63, 3.8) is 0 Å². The van der Waals surface area contributed by atoms with E-state index in [1.807, 2.05) is 0 Å². The average molecular weight is 172 g/mol. The molecule has 0 saturated heterocycles. The van der Waals surface area contributed by atoms with Crippen molar-refractivity contribution in [2.24, 2.45) is 0 Å². The van der Waals surface area contributed by atoms with Crippen LogP contribution in [-0.2, 0) is 0 Å². The quantitative estimate of drug-likeness (QED) is 0.333. The second kappa shape index (κ2) is 10.2. The van der Waals surface area contributed by atoms with Gasteiger partial charge in [0.1, 0.15) is 0 Å². The Hall–Kier alpha value is 0.0774. The fourth-order valence-corrected chi connectivity index (χ4v) is 1.41. The van der Waals surface area contributed by atoms with Gasteiger partial charge in [0.15, 0.2) is 0 Å². The second-order valence-electron chi connectivity index (χ2n) is 2.85. The minimum atomic E-state index is 0. The monoisotopic (exact) mass is 172 g/mol. The summed E-state index contributed by atoms with van der Waals surface area (Å²) in [5.41, 5.74) is 2.91. The summed E-state index contributed by atoms with van der Waals surface area (Å²) in [5.74, 6) is 0. The van der Waals surface area contributed by atoms with Crippen LogP contribution >= 0.6 is 0 Å². The Bertz CT molecular complexity index is 146. The molecule has 0 aliphatic rings. The van der Waals surface area contributed by atoms with Crippen LogP contribution in [0, 0.1) is 6.08 Å². The third kappa shape index (κ3) is 6.19. The van der Waals surface area contributed by atoms with Crippen molar-refractivity contribution in [1.82, 2.24) is 0 Å².